The first-order chi connectivity index (χ1) is 107. The maximum absolute atomic E-state index is 9.62. The summed E-state index contributed by atoms with van der Waals surface area (Å²) in [6.07, 6.45) is 0. The van der Waals surface area contributed by atoms with E-state index in [1.807, 2.05) is 0 Å². The van der Waals surface area contributed by atoms with Crippen molar-refractivity contribution in [3.8, 4) is 111 Å². The summed E-state index contributed by atoms with van der Waals surface area (Å²) in [7, 11) is 0. The van der Waals surface area contributed by atoms with Gasteiger partial charge >= 0.3 is 0 Å². The lowest BCUT2D eigenvalue weighted by Crippen LogP contribution is -1.93. The van der Waals surface area contributed by atoms with Gasteiger partial charge in [0, 0.05) is 48.5 Å². The van der Waals surface area contributed by atoms with Crippen LogP contribution >= 0.6 is 0 Å². The molecule has 0 saturated heterocycles. The zero-order valence-corrected chi connectivity index (χ0v) is 71.2. The van der Waals surface area contributed by atoms with Crippen LogP contribution in [0.25, 0.3) is 296 Å². The number of hydrogen-bond acceptors (Lipinski definition) is 3. The number of benzene rings is 27. The molecule has 0 aliphatic rings. The molecule has 3 nitrogen and oxygen atoms in total. The van der Waals surface area contributed by atoms with Crippen molar-refractivity contribution in [3.05, 3.63) is 520 Å². The molecule has 27 aromatic carbocycles. The highest BCUT2D eigenvalue weighted by atomic mass is 16.3. The fraction of sp³-hybridized carbons (Fsp3) is 0. The zero-order valence-electron chi connectivity index (χ0n) is 157. The first-order valence-electron chi connectivity index (χ1n) is 85.2. The van der Waals surface area contributed by atoms with Gasteiger partial charge < -0.3 is 13.3 Å². The molecular weight excluding hydrogens is 1730 g/mol. The Balaban J connectivity index is 0.000000148. The van der Waals surface area contributed by atoms with E-state index < -0.39 is 815 Å². The molecule has 0 aliphatic heterocycles. The molecule has 0 radical (unpaired) electrons. The highest BCUT2D eigenvalue weighted by molar-refractivity contribution is 6.32. The Morgan fingerprint density at radius 3 is 0.734 bits per heavy atom. The molecule has 143 heavy (non-hydrogen) atoms. The molecule has 664 valence electrons. The first kappa shape index (κ1) is 33.5. The molecule has 0 spiro atoms. The van der Waals surface area contributed by atoms with Crippen LogP contribution < -0.4 is 0 Å². The largest absolute Gasteiger partial charge is 0.455 e. The summed E-state index contributed by atoms with van der Waals surface area (Å²) in [4.78, 5) is 0. The Morgan fingerprint density at radius 2 is 0.350 bits per heavy atom. The van der Waals surface area contributed by atoms with Crippen LogP contribution in [0.5, 0.6) is 0 Å². The van der Waals surface area contributed by atoms with Crippen LogP contribution in [0.3, 0.4) is 0 Å². The van der Waals surface area contributed by atoms with Gasteiger partial charge in [-0.2, -0.15) is 0 Å². The minimum absolute atomic E-state index is 0.459. The van der Waals surface area contributed by atoms with E-state index in [1.165, 1.54) is 0 Å². The van der Waals surface area contributed by atoms with Gasteiger partial charge in [-0.05, 0) is 256 Å². The molecule has 3 heterocycles. The van der Waals surface area contributed by atoms with E-state index in [4.69, 9.17) is 87.3 Å². The molecule has 0 aliphatic carbocycles. The molecule has 0 fully saturated rings. The van der Waals surface area contributed by atoms with Gasteiger partial charge in [-0.3, -0.25) is 0 Å². The van der Waals surface area contributed by atoms with E-state index in [9.17, 15) is 43.9 Å². The van der Waals surface area contributed by atoms with Crippen molar-refractivity contribution in [1.29, 1.82) is 0 Å². The van der Waals surface area contributed by atoms with Crippen molar-refractivity contribution in [3.63, 3.8) is 0 Å². The summed E-state index contributed by atoms with van der Waals surface area (Å²) in [6.45, 7) is 0. The molecule has 30 aromatic rings. The van der Waals surface area contributed by atoms with Gasteiger partial charge in [0.2, 0.25) is 0 Å². The molecule has 0 unspecified atom stereocenters. The smallest absolute Gasteiger partial charge is 0.143 e. The monoisotopic (exact) mass is 1900 g/mol. The van der Waals surface area contributed by atoms with E-state index in [1.54, 1.807) is 0 Å². The van der Waals surface area contributed by atoms with E-state index in [0.717, 1.165) is 0 Å². The van der Waals surface area contributed by atoms with E-state index in [0.29, 0.717) is 0 Å². The Morgan fingerprint density at radius 1 is 0.119 bits per heavy atom. The second kappa shape index (κ2) is 34.1. The van der Waals surface area contributed by atoms with Crippen LogP contribution in [0.15, 0.2) is 533 Å². The highest BCUT2D eigenvalue weighted by Gasteiger charge is 2.28. The van der Waals surface area contributed by atoms with Gasteiger partial charge in [-0.25, -0.2) is 0 Å². The number of rotatable bonds is 10. The predicted octanol–water partition coefficient (Wildman–Crippen LogP) is 40.1. The summed E-state index contributed by atoms with van der Waals surface area (Å²) in [5, 5.41) is -17.7. The topological polar surface area (TPSA) is 39.4 Å². The molecule has 0 saturated carbocycles. The Labute approximate surface area is 945 Å². The van der Waals surface area contributed by atoms with E-state index in [2.05, 4.69) is 0 Å². The van der Waals surface area contributed by atoms with Crippen molar-refractivity contribution >= 4 is 184 Å². The lowest BCUT2D eigenvalue weighted by molar-refractivity contribution is 0.672. The molecular formula is C140H86O3. The fourth-order valence-electron chi connectivity index (χ4n) is 17.5. The quantitative estimate of drug-likeness (QED) is 0.128. The maximum atomic E-state index is 9.62. The van der Waals surface area contributed by atoms with Crippen molar-refractivity contribution < 1.29 is 131 Å². The number of furan rings is 3. The normalized spacial score (nSPS) is 20.2. The van der Waals surface area contributed by atoms with Gasteiger partial charge in [0.1, 0.15) is 33.5 Å². The zero-order chi connectivity index (χ0) is 169. The van der Waals surface area contributed by atoms with Gasteiger partial charge in [-0.15, -0.1) is 0 Å². The minimum Gasteiger partial charge on any atom is -0.455 e. The lowest BCUT2D eigenvalue weighted by Gasteiger charge is -2.20. The third-order valence-corrected chi connectivity index (χ3v) is 23.5. The summed E-state index contributed by atoms with van der Waals surface area (Å²) < 4.78 is 793. The second-order valence-electron chi connectivity index (χ2n) is 31.0. The molecule has 0 atom stereocenters. The van der Waals surface area contributed by atoms with Gasteiger partial charge in [0.25, 0.3) is 0 Å². The van der Waals surface area contributed by atoms with Crippen LogP contribution in [0.1, 0.15) is 118 Å². The molecule has 30 rings (SSSR count). The average molecular weight is 1900 g/mol. The fourth-order valence-corrected chi connectivity index (χ4v) is 17.5. The average Bonchev–Trinajstić information content (AvgIpc) is 1.65. The maximum Gasteiger partial charge on any atom is 0.143 e. The van der Waals surface area contributed by atoms with Gasteiger partial charge in [0.15, 0.2) is 0 Å². The van der Waals surface area contributed by atoms with Crippen molar-refractivity contribution in [2.45, 2.75) is 0 Å². The van der Waals surface area contributed by atoms with Crippen LogP contribution in [0, 0.1) is 0 Å². The molecule has 0 N–H and O–H groups in total. The SMILES string of the molecule is [2H]c1c([2H])c(-c2c3c([2H])c([2H])c([2H])c([2H])c3c(-c3c([2H])c([2H])c([2H])c4oc5c6c([2H])c([2H])c([2H])c([2H])c6c([2H])c([2H])c5c34)c3c([2H])c([2H])c([2H])c([2H])c23)c([2H])c([2H])c1-c1c([2H])c([2H])c([2H])c2c([2H])c([2H])c([2H])c([2H])c12.[2H]c1c([2H])c(-c2c3c([2H])c([2H])c([2H])c([2H])c3c(-c3c([2H])c([2H])c([2H])c4oc5c6c([2H])c([2H])c([2H])c([2H])c6c([2H])c([2H])c5c34)c3c([2H])c([2H])c([2H])c([2H])c23)c([2H])c([2H])c1-c1c([2H])c([2H])c2c([2H])c([2H])c([2H])c([2H])c2c1[2H].[2H]c1c([2H])c([2H])c(-c2c([2H])c([2H])c(-c3c([2H])c([2H])c([2H])c([2H])c3-c3c4c([2H])c([2H])c([2H])c([2H])c4c(-c4c([2H])c([2H])c([2H])c5oc6c7c([2H])c([2H])c([2H])c([2H])c7c([2H])c([2H])c6c45)c4c([2H])c([2H])c([2H])c([2H])c34)c([2H])c2[2H])c([2H])c1[2H]. The highest BCUT2D eigenvalue weighted by Crippen LogP contribution is 2.54. The Kier molecular flexibility index (Phi) is 7.99. The molecule has 0 bridgehead atoms. The lowest BCUT2D eigenvalue weighted by atomic mass is 9.83. The second-order valence-corrected chi connectivity index (χ2v) is 31.0. The Bertz CT molecular complexity index is 15800. The number of fused-ring (bicyclic) bond motifs is 23. The predicted molar refractivity (Wildman–Crippen MR) is 608 cm³/mol. The molecule has 3 aromatic heterocycles. The van der Waals surface area contributed by atoms with Crippen LogP contribution in [-0.2, 0) is 0 Å². The summed E-state index contributed by atoms with van der Waals surface area (Å²) in [5.41, 5.74) is -19.7. The van der Waals surface area contributed by atoms with E-state index in [-0.39, 0.29) is 0 Å². The van der Waals surface area contributed by atoms with Gasteiger partial charge in [-0.1, -0.05) is 477 Å². The molecule has 3 heteroatoms. The Hall–Kier alpha value is -18.8. The molecule has 0 amide bonds. The third-order valence-electron chi connectivity index (χ3n) is 23.5. The van der Waals surface area contributed by atoms with Crippen molar-refractivity contribution in [1.82, 2.24) is 0 Å². The minimum atomic E-state index is -1.15. The van der Waals surface area contributed by atoms with Crippen molar-refractivity contribution in [2.75, 3.05) is 0 Å². The van der Waals surface area contributed by atoms with Crippen LogP contribution in [-0.4, -0.2) is 0 Å². The summed E-state index contributed by atoms with van der Waals surface area (Å²) in [5.74, 6) is 0. The van der Waals surface area contributed by atoms with Gasteiger partial charge in [0.05, 0.1) is 118 Å². The standard InChI is InChI=1S/C48H30O.2C46H28O/c1-2-13-31(14-3-1)32-25-27-34(28-26-32)35-16-6-7-18-37(35)45-38-19-8-10-21-40(38)46(41-22-11-9-20-39(41)45)42-23-12-24-44-47(42)43-30-29-33-15-4-5-17-36(33)48(43)49-44;1-3-14-33-29(11-1)13-9-20-34(33)31-23-25-32(26-24-31)43-36-16-5-7-18-38(36)44(39-19-8-6-17-37(39)43)40-21-10-22-42-45(40)41-28-27-30-12-2-4-15-35(30)46(41)47-42;1-2-12-33-28-34(25-22-29(33)10-1)30-20-23-32(24-21-30)43-36-14-5-7-16-38(36)44(39-17-8-6-15-37(39)43)40-18-9-19-42-45(40)41-27-26-31-11-3-4-13-35(31)46(41)47-42/h1-30H;2*1-28H/i1D,2D,3D,4D,5D,6D,7D,8D,9D,10D,11D,12D,13D,14D,15D,16D,17D,18D,19D,20D,21D,22D,23D,24D,25D,26D,27D,28D,29D,30D;2*1D,2D,3D,4D,5D,6D,7D,8D,9D,10D,11D,12D,13D,14D,15D,16D,17D,18D,19D,20D,21D,22D,23D,24D,25D,26D,27D,28D. The van der Waals surface area contributed by atoms with Crippen LogP contribution in [0.2, 0.25) is 0 Å². The van der Waals surface area contributed by atoms with Crippen molar-refractivity contribution in [2.24, 2.45) is 0 Å². The summed E-state index contributed by atoms with van der Waals surface area (Å²) >= 11 is 0. The van der Waals surface area contributed by atoms with Crippen LogP contribution in [0.4, 0.5) is 0 Å². The number of hydrogen-bond donors (Lipinski definition) is 0. The van der Waals surface area contributed by atoms with E-state index >= 15 is 0 Å². The third kappa shape index (κ3) is 13.7. The first-order valence-corrected chi connectivity index (χ1v) is 42.2. The summed E-state index contributed by atoms with van der Waals surface area (Å²) in [6, 6.07) is -81.4.